The third-order valence-electron chi connectivity index (χ3n) is 4.19. The number of fused-ring (bicyclic) bond motifs is 2. The zero-order chi connectivity index (χ0) is 16.0. The topological polar surface area (TPSA) is 34.0 Å². The molecule has 0 saturated heterocycles. The van der Waals surface area contributed by atoms with E-state index >= 15 is 0 Å². The van der Waals surface area contributed by atoms with Gasteiger partial charge in [0.2, 0.25) is 5.90 Å². The summed E-state index contributed by atoms with van der Waals surface area (Å²) in [7, 11) is 0. The molecule has 1 atom stereocenters. The van der Waals surface area contributed by atoms with Crippen LogP contribution in [0.5, 0.6) is 5.75 Å². The minimum Gasteiger partial charge on any atom is -0.442 e. The summed E-state index contributed by atoms with van der Waals surface area (Å²) in [5.41, 5.74) is 4.56. The molecule has 4 heteroatoms. The molecule has 0 radical (unpaired) electrons. The predicted octanol–water partition coefficient (Wildman–Crippen LogP) is 4.04. The summed E-state index contributed by atoms with van der Waals surface area (Å²) in [4.78, 5) is 9.83. The van der Waals surface area contributed by atoms with E-state index in [-0.39, 0.29) is 5.92 Å². The molecule has 3 nitrogen and oxygen atoms in total. The van der Waals surface area contributed by atoms with Crippen molar-refractivity contribution in [2.45, 2.75) is 20.3 Å². The maximum absolute atomic E-state index is 6.02. The molecule has 0 fully saturated rings. The predicted molar refractivity (Wildman–Crippen MR) is 96.8 cm³/mol. The summed E-state index contributed by atoms with van der Waals surface area (Å²) in [5, 5.41) is 0. The van der Waals surface area contributed by atoms with Gasteiger partial charge in [-0.3, -0.25) is 0 Å². The fourth-order valence-electron chi connectivity index (χ4n) is 2.90. The van der Waals surface area contributed by atoms with E-state index in [1.807, 2.05) is 30.3 Å². The Bertz CT molecular complexity index is 865. The number of hydrogen-bond acceptors (Lipinski definition) is 3. The second-order valence-corrected chi connectivity index (χ2v) is 6.48. The van der Waals surface area contributed by atoms with Gasteiger partial charge in [-0.25, -0.2) is 4.99 Å². The highest BCUT2D eigenvalue weighted by molar-refractivity contribution is 7.80. The number of ether oxygens (including phenoxy) is 1. The van der Waals surface area contributed by atoms with Crippen LogP contribution in [-0.4, -0.2) is 16.7 Å². The van der Waals surface area contributed by atoms with Crippen molar-refractivity contribution in [1.29, 1.82) is 0 Å². The number of aliphatic imine (C=N–C) groups is 2. The summed E-state index contributed by atoms with van der Waals surface area (Å²) in [6.07, 6.45) is 0.805. The third-order valence-corrected chi connectivity index (χ3v) is 4.57. The Morgan fingerprint density at radius 1 is 1.00 bits per heavy atom. The van der Waals surface area contributed by atoms with Crippen molar-refractivity contribution in [3.8, 4) is 5.75 Å². The van der Waals surface area contributed by atoms with Crippen molar-refractivity contribution in [3.63, 3.8) is 0 Å². The summed E-state index contributed by atoms with van der Waals surface area (Å²) >= 11 is 5.52. The van der Waals surface area contributed by atoms with Crippen LogP contribution in [0.1, 0.15) is 22.3 Å². The number of benzene rings is 2. The van der Waals surface area contributed by atoms with E-state index in [1.54, 1.807) is 0 Å². The number of hydrogen-bond donors (Lipinski definition) is 0. The molecule has 0 saturated carbocycles. The second-order valence-electron chi connectivity index (χ2n) is 6.06. The highest BCUT2D eigenvalue weighted by atomic mass is 32.1. The Labute approximate surface area is 140 Å². The van der Waals surface area contributed by atoms with Crippen LogP contribution >= 0.6 is 12.2 Å². The zero-order valence-corrected chi connectivity index (χ0v) is 13.9. The van der Waals surface area contributed by atoms with Crippen LogP contribution in [0.15, 0.2) is 52.4 Å². The number of aryl methyl sites for hydroxylation is 2. The van der Waals surface area contributed by atoms with Gasteiger partial charge in [0.15, 0.2) is 5.84 Å². The molecule has 2 aliphatic rings. The molecule has 0 bridgehead atoms. The Morgan fingerprint density at radius 2 is 1.74 bits per heavy atom. The fourth-order valence-corrected chi connectivity index (χ4v) is 3.17. The van der Waals surface area contributed by atoms with Gasteiger partial charge < -0.3 is 4.74 Å². The quantitative estimate of drug-likeness (QED) is 0.743. The van der Waals surface area contributed by atoms with E-state index < -0.39 is 0 Å². The van der Waals surface area contributed by atoms with Gasteiger partial charge in [0.05, 0.1) is 5.92 Å². The van der Waals surface area contributed by atoms with Gasteiger partial charge in [0, 0.05) is 5.56 Å². The first-order valence-electron chi connectivity index (χ1n) is 7.66. The normalized spacial score (nSPS) is 19.2. The smallest absolute Gasteiger partial charge is 0.207 e. The van der Waals surface area contributed by atoms with Crippen LogP contribution in [-0.2, 0) is 6.42 Å². The van der Waals surface area contributed by atoms with Crippen molar-refractivity contribution in [2.75, 3.05) is 0 Å². The molecular formula is C19H16N2OS. The van der Waals surface area contributed by atoms with E-state index in [0.717, 1.165) is 17.7 Å². The maximum Gasteiger partial charge on any atom is 0.207 e. The zero-order valence-electron chi connectivity index (χ0n) is 13.0. The standard InChI is InChI=1S/C19H16N2OS/c1-11-3-6-13(7-4-11)17-20-18-15(19(23)21-17)10-14-9-12(2)5-8-16(14)22-18/h3-9,15H,10H2,1-2H3. The Kier molecular flexibility index (Phi) is 3.34. The monoisotopic (exact) mass is 320 g/mol. The highest BCUT2D eigenvalue weighted by Crippen LogP contribution is 2.32. The van der Waals surface area contributed by atoms with E-state index in [1.165, 1.54) is 16.7 Å². The second kappa shape index (κ2) is 5.39. The van der Waals surface area contributed by atoms with E-state index in [4.69, 9.17) is 17.0 Å². The number of nitrogens with zero attached hydrogens (tertiary/aromatic N) is 2. The summed E-state index contributed by atoms with van der Waals surface area (Å²) in [6, 6.07) is 14.3. The average molecular weight is 320 g/mol. The van der Waals surface area contributed by atoms with Gasteiger partial charge >= 0.3 is 0 Å². The largest absolute Gasteiger partial charge is 0.442 e. The van der Waals surface area contributed by atoms with Crippen molar-refractivity contribution < 1.29 is 4.74 Å². The molecule has 0 N–H and O–H groups in total. The molecule has 23 heavy (non-hydrogen) atoms. The fraction of sp³-hybridized carbons (Fsp3) is 0.211. The Morgan fingerprint density at radius 3 is 2.52 bits per heavy atom. The molecule has 0 spiro atoms. The van der Waals surface area contributed by atoms with Crippen LogP contribution in [0.2, 0.25) is 0 Å². The lowest BCUT2D eigenvalue weighted by Crippen LogP contribution is -2.36. The lowest BCUT2D eigenvalue weighted by molar-refractivity contribution is 0.482. The van der Waals surface area contributed by atoms with E-state index in [9.17, 15) is 0 Å². The molecule has 2 aromatic carbocycles. The van der Waals surface area contributed by atoms with Crippen LogP contribution in [0, 0.1) is 19.8 Å². The van der Waals surface area contributed by atoms with Gasteiger partial charge in [-0.2, -0.15) is 4.99 Å². The molecule has 0 aliphatic carbocycles. The molecular weight excluding hydrogens is 304 g/mol. The van der Waals surface area contributed by atoms with Crippen LogP contribution in [0.4, 0.5) is 0 Å². The highest BCUT2D eigenvalue weighted by Gasteiger charge is 2.33. The van der Waals surface area contributed by atoms with Crippen LogP contribution in [0.25, 0.3) is 0 Å². The average Bonchev–Trinajstić information content (AvgIpc) is 2.54. The van der Waals surface area contributed by atoms with Crippen LogP contribution < -0.4 is 4.74 Å². The number of amidine groups is 1. The first-order chi connectivity index (χ1) is 11.1. The molecule has 1 unspecified atom stereocenters. The lowest BCUT2D eigenvalue weighted by Gasteiger charge is -2.28. The van der Waals surface area contributed by atoms with Crippen LogP contribution in [0.3, 0.4) is 0 Å². The maximum atomic E-state index is 6.02. The minimum atomic E-state index is -0.0338. The van der Waals surface area contributed by atoms with Crippen molar-refractivity contribution in [3.05, 3.63) is 64.7 Å². The number of rotatable bonds is 1. The first kappa shape index (κ1) is 14.3. The van der Waals surface area contributed by atoms with E-state index in [0.29, 0.717) is 16.7 Å². The lowest BCUT2D eigenvalue weighted by atomic mass is 9.93. The Balaban J connectivity index is 1.72. The summed E-state index contributed by atoms with van der Waals surface area (Å²) in [6.45, 7) is 4.14. The van der Waals surface area contributed by atoms with Gasteiger partial charge in [-0.05, 0) is 31.9 Å². The molecule has 2 aromatic rings. The third kappa shape index (κ3) is 2.59. The summed E-state index contributed by atoms with van der Waals surface area (Å²) in [5.74, 6) is 2.14. The summed E-state index contributed by atoms with van der Waals surface area (Å²) < 4.78 is 6.02. The molecule has 2 aliphatic heterocycles. The Hall–Kier alpha value is -2.33. The van der Waals surface area contributed by atoms with Gasteiger partial charge in [0.25, 0.3) is 0 Å². The minimum absolute atomic E-state index is 0.0338. The van der Waals surface area contributed by atoms with Gasteiger partial charge in [-0.1, -0.05) is 59.7 Å². The first-order valence-corrected chi connectivity index (χ1v) is 8.06. The van der Waals surface area contributed by atoms with Crippen molar-refractivity contribution >= 4 is 28.9 Å². The molecule has 0 amide bonds. The van der Waals surface area contributed by atoms with Crippen molar-refractivity contribution in [2.24, 2.45) is 15.9 Å². The van der Waals surface area contributed by atoms with E-state index in [2.05, 4.69) is 36.0 Å². The van der Waals surface area contributed by atoms with Gasteiger partial charge in [-0.15, -0.1) is 0 Å². The van der Waals surface area contributed by atoms with Crippen molar-refractivity contribution in [1.82, 2.24) is 0 Å². The number of thiocarbonyl (C=S) groups is 1. The molecule has 4 rings (SSSR count). The molecule has 2 heterocycles. The SMILES string of the molecule is Cc1ccc(C2=NC(=S)C3Cc4cc(C)ccc4OC3=N2)cc1. The molecule has 114 valence electrons. The molecule has 0 aromatic heterocycles. The van der Waals surface area contributed by atoms with Gasteiger partial charge in [0.1, 0.15) is 10.7 Å².